The second-order valence-corrected chi connectivity index (χ2v) is 11.5. The maximum absolute atomic E-state index is 9.19. The second-order valence-electron chi connectivity index (χ2n) is 10.00. The van der Waals surface area contributed by atoms with Gasteiger partial charge in [0.1, 0.15) is 17.3 Å². The van der Waals surface area contributed by atoms with Crippen LogP contribution < -0.4 is 19.3 Å². The molecule has 0 bridgehead atoms. The molecule has 0 spiro atoms. The van der Waals surface area contributed by atoms with Crippen molar-refractivity contribution in [2.75, 3.05) is 56.5 Å². The summed E-state index contributed by atoms with van der Waals surface area (Å²) >= 11 is 0. The maximum atomic E-state index is 9.19. The molecule has 6 rings (SSSR count). The molecule has 1 N–H and O–H groups in total. The lowest BCUT2D eigenvalue weighted by Gasteiger charge is -2.22. The van der Waals surface area contributed by atoms with Gasteiger partial charge in [-0.1, -0.05) is 0 Å². The minimum absolute atomic E-state index is 0.715. The van der Waals surface area contributed by atoms with Crippen LogP contribution in [0.2, 0.25) is 0 Å². The van der Waals surface area contributed by atoms with Crippen LogP contribution in [-0.4, -0.2) is 74.2 Å². The molecule has 0 saturated carbocycles. The molecule has 40 heavy (non-hydrogen) atoms. The third-order valence-electron chi connectivity index (χ3n) is 7.14. The average Bonchev–Trinajstić information content (AvgIpc) is 3.73. The molecule has 2 aromatic heterocycles. The normalized spacial score (nSPS) is 15.3. The fraction of sp³-hybridized carbons (Fsp3) is 0.379. The highest BCUT2D eigenvalue weighted by atomic mass is 32.2. The first-order valence-electron chi connectivity index (χ1n) is 13.4. The van der Waals surface area contributed by atoms with E-state index in [4.69, 9.17) is 24.0 Å². The van der Waals surface area contributed by atoms with Crippen LogP contribution in [0, 0.1) is 0 Å². The molecule has 2 aromatic carbocycles. The Morgan fingerprint density at radius 2 is 1.27 bits per heavy atom. The van der Waals surface area contributed by atoms with Crippen LogP contribution in [0.3, 0.4) is 0 Å². The van der Waals surface area contributed by atoms with Crippen molar-refractivity contribution in [1.82, 2.24) is 14.5 Å². The summed E-state index contributed by atoms with van der Waals surface area (Å²) in [5.74, 6) is 3.57. The zero-order chi connectivity index (χ0) is 28.3. The number of nitrogens with zero attached hydrogens (tertiary/aromatic N) is 5. The van der Waals surface area contributed by atoms with E-state index in [0.29, 0.717) is 6.26 Å². The van der Waals surface area contributed by atoms with Crippen LogP contribution in [0.25, 0.3) is 28.0 Å². The number of hydrogen-bond acceptors (Lipinski definition) is 8. The smallest absolute Gasteiger partial charge is 0.261 e. The van der Waals surface area contributed by atoms with Gasteiger partial charge in [-0.3, -0.25) is 9.12 Å². The molecule has 10 nitrogen and oxygen atoms in total. The Bertz CT molecular complexity index is 1550. The zero-order valence-corrected chi connectivity index (χ0v) is 23.9. The first-order chi connectivity index (χ1) is 19.2. The monoisotopic (exact) mass is 565 g/mol. The number of aromatic nitrogens is 3. The maximum Gasteiger partial charge on any atom is 0.261 e. The van der Waals surface area contributed by atoms with Crippen molar-refractivity contribution in [3.05, 3.63) is 54.6 Å². The summed E-state index contributed by atoms with van der Waals surface area (Å²) in [4.78, 5) is 15.1. The molecule has 2 fully saturated rings. The number of benzene rings is 2. The molecule has 0 radical (unpaired) electrons. The lowest BCUT2D eigenvalue weighted by atomic mass is 10.1. The standard InChI is InChI=1S/C28H31N5O2.CH4O3S/c1-34-22-11-7-20(8-12-22)25-19-24-26(31-15-3-4-16-31)29-28(32-17-5-6-18-32)30-27(24)33(25)21-9-13-23(35-2)14-10-21;1-5(2,3)4/h7-14,19H,3-6,15-18H2,1-2H3;1H3,(H,2,3,4). The van der Waals surface area contributed by atoms with Crippen LogP contribution in [-0.2, 0) is 10.1 Å². The van der Waals surface area contributed by atoms with Crippen LogP contribution in [0.15, 0.2) is 54.6 Å². The Kier molecular flexibility index (Phi) is 8.13. The first kappa shape index (κ1) is 27.7. The lowest BCUT2D eigenvalue weighted by Crippen LogP contribution is -2.24. The predicted octanol–water partition coefficient (Wildman–Crippen LogP) is 4.81. The summed E-state index contributed by atoms with van der Waals surface area (Å²) in [7, 11) is -0.276. The van der Waals surface area contributed by atoms with Gasteiger partial charge >= 0.3 is 0 Å². The molecule has 0 atom stereocenters. The van der Waals surface area contributed by atoms with Gasteiger partial charge < -0.3 is 19.3 Å². The highest BCUT2D eigenvalue weighted by Gasteiger charge is 2.25. The highest BCUT2D eigenvalue weighted by molar-refractivity contribution is 7.85. The van der Waals surface area contributed by atoms with E-state index >= 15 is 0 Å². The lowest BCUT2D eigenvalue weighted by molar-refractivity contribution is 0.414. The molecule has 2 saturated heterocycles. The van der Waals surface area contributed by atoms with E-state index in [0.717, 1.165) is 77.4 Å². The average molecular weight is 566 g/mol. The molecular weight excluding hydrogens is 530 g/mol. The van der Waals surface area contributed by atoms with Gasteiger partial charge in [-0.15, -0.1) is 0 Å². The molecule has 2 aliphatic rings. The molecule has 4 aromatic rings. The quantitative estimate of drug-likeness (QED) is 0.329. The Morgan fingerprint density at radius 3 is 1.80 bits per heavy atom. The van der Waals surface area contributed by atoms with E-state index < -0.39 is 10.1 Å². The van der Waals surface area contributed by atoms with Crippen molar-refractivity contribution in [2.24, 2.45) is 0 Å². The van der Waals surface area contributed by atoms with E-state index in [1.165, 1.54) is 25.7 Å². The van der Waals surface area contributed by atoms with Gasteiger partial charge in [0.05, 0.1) is 31.6 Å². The van der Waals surface area contributed by atoms with Crippen molar-refractivity contribution < 1.29 is 22.4 Å². The SMILES string of the molecule is COc1ccc(-c2cc3c(N4CCCC4)nc(N4CCCC4)nc3n2-c2ccc(OC)cc2)cc1.CS(=O)(=O)O. The van der Waals surface area contributed by atoms with Crippen LogP contribution in [0.5, 0.6) is 11.5 Å². The minimum Gasteiger partial charge on any atom is -0.497 e. The van der Waals surface area contributed by atoms with Gasteiger partial charge in [-0.2, -0.15) is 18.4 Å². The van der Waals surface area contributed by atoms with Gasteiger partial charge in [0.25, 0.3) is 10.1 Å². The van der Waals surface area contributed by atoms with Crippen molar-refractivity contribution in [1.29, 1.82) is 0 Å². The Labute approximate surface area is 234 Å². The van der Waals surface area contributed by atoms with Gasteiger partial charge in [0.15, 0.2) is 5.65 Å². The van der Waals surface area contributed by atoms with E-state index in [1.54, 1.807) is 14.2 Å². The number of methoxy groups -OCH3 is 2. The van der Waals surface area contributed by atoms with Crippen molar-refractivity contribution in [3.8, 4) is 28.4 Å². The summed E-state index contributed by atoms with van der Waals surface area (Å²) in [6.45, 7) is 4.10. The van der Waals surface area contributed by atoms with Crippen LogP contribution >= 0.6 is 0 Å². The molecule has 0 aliphatic carbocycles. The summed E-state index contributed by atoms with van der Waals surface area (Å²) < 4.78 is 39.0. The van der Waals surface area contributed by atoms with Crippen molar-refractivity contribution >= 4 is 32.9 Å². The van der Waals surface area contributed by atoms with Crippen LogP contribution in [0.1, 0.15) is 25.7 Å². The summed E-state index contributed by atoms with van der Waals surface area (Å²) in [5.41, 5.74) is 4.18. The molecule has 11 heteroatoms. The minimum atomic E-state index is -3.67. The van der Waals surface area contributed by atoms with E-state index in [-0.39, 0.29) is 0 Å². The van der Waals surface area contributed by atoms with Crippen LogP contribution in [0.4, 0.5) is 11.8 Å². The summed E-state index contributed by atoms with van der Waals surface area (Å²) in [6, 6.07) is 18.7. The Hall–Kier alpha value is -3.83. The second kappa shape index (κ2) is 11.7. The molecule has 0 amide bonds. The van der Waals surface area contributed by atoms with Gasteiger partial charge in [0, 0.05) is 31.9 Å². The molecule has 4 heterocycles. The van der Waals surface area contributed by atoms with E-state index in [2.05, 4.69) is 44.7 Å². The van der Waals surface area contributed by atoms with Crippen molar-refractivity contribution in [2.45, 2.75) is 25.7 Å². The molecule has 0 unspecified atom stereocenters. The predicted molar refractivity (Wildman–Crippen MR) is 158 cm³/mol. The zero-order valence-electron chi connectivity index (χ0n) is 23.1. The summed E-state index contributed by atoms with van der Waals surface area (Å²) in [6.07, 6.45) is 5.51. The number of fused-ring (bicyclic) bond motifs is 1. The third kappa shape index (κ3) is 6.15. The molecule has 2 aliphatic heterocycles. The third-order valence-corrected chi connectivity index (χ3v) is 7.14. The fourth-order valence-electron chi connectivity index (χ4n) is 5.25. The van der Waals surface area contributed by atoms with Gasteiger partial charge in [-0.05, 0) is 85.8 Å². The van der Waals surface area contributed by atoms with E-state index in [9.17, 15) is 8.42 Å². The first-order valence-corrected chi connectivity index (χ1v) is 15.2. The number of hydrogen-bond donors (Lipinski definition) is 1. The number of rotatable bonds is 6. The largest absolute Gasteiger partial charge is 0.497 e. The number of anilines is 2. The number of ether oxygens (including phenoxy) is 2. The van der Waals surface area contributed by atoms with Gasteiger partial charge in [0.2, 0.25) is 5.95 Å². The Morgan fingerprint density at radius 1 is 0.775 bits per heavy atom. The highest BCUT2D eigenvalue weighted by Crippen LogP contribution is 2.38. The van der Waals surface area contributed by atoms with Gasteiger partial charge in [-0.25, -0.2) is 0 Å². The Balaban J connectivity index is 0.000000595. The van der Waals surface area contributed by atoms with Crippen molar-refractivity contribution in [3.63, 3.8) is 0 Å². The summed E-state index contributed by atoms with van der Waals surface area (Å²) in [5, 5.41) is 1.09. The molecule has 212 valence electrons. The van der Waals surface area contributed by atoms with E-state index in [1.807, 2.05) is 24.3 Å². The molecular formula is C29H35N5O5S. The fourth-order valence-corrected chi connectivity index (χ4v) is 5.25. The topological polar surface area (TPSA) is 110 Å².